The molecule has 0 bridgehead atoms. The van der Waals surface area contributed by atoms with Gasteiger partial charge in [0.05, 0.1) is 0 Å². The highest BCUT2D eigenvalue weighted by Crippen LogP contribution is 2.27. The second-order valence-corrected chi connectivity index (χ2v) is 2.87. The molecule has 1 aliphatic rings. The van der Waals surface area contributed by atoms with E-state index in [1.807, 2.05) is 0 Å². The summed E-state index contributed by atoms with van der Waals surface area (Å²) in [4.78, 5) is 21.2. The topological polar surface area (TPSA) is 43.4 Å². The van der Waals surface area contributed by atoms with Gasteiger partial charge in [-0.05, 0) is 12.2 Å². The van der Waals surface area contributed by atoms with Gasteiger partial charge in [0.15, 0.2) is 5.05 Å². The van der Waals surface area contributed by atoms with Crippen LogP contribution in [0.5, 0.6) is 0 Å². The first-order chi connectivity index (χ1) is 5.82. The SMILES string of the molecule is O=C1OC(=S)CC1C(=O)C(F)(F)F. The Hall–Kier alpha value is -0.980. The molecule has 7 heteroatoms. The molecule has 1 unspecified atom stereocenters. The maximum Gasteiger partial charge on any atom is 0.450 e. The lowest BCUT2D eigenvalue weighted by atomic mass is 10.0. The smallest absolute Gasteiger partial charge is 0.419 e. The quantitative estimate of drug-likeness (QED) is 0.369. The number of cyclic esters (lactones) is 1. The zero-order valence-electron chi connectivity index (χ0n) is 6.05. The fourth-order valence-electron chi connectivity index (χ4n) is 0.872. The van der Waals surface area contributed by atoms with Crippen LogP contribution in [0, 0.1) is 5.92 Å². The van der Waals surface area contributed by atoms with Crippen molar-refractivity contribution in [1.82, 2.24) is 0 Å². The first kappa shape index (κ1) is 10.1. The number of rotatable bonds is 1. The Kier molecular flexibility index (Phi) is 2.38. The molecule has 1 fully saturated rings. The lowest BCUT2D eigenvalue weighted by Gasteiger charge is -2.06. The lowest BCUT2D eigenvalue weighted by Crippen LogP contribution is -2.32. The summed E-state index contributed by atoms with van der Waals surface area (Å²) < 4.78 is 39.6. The Bertz CT molecular complexity index is 283. The van der Waals surface area contributed by atoms with E-state index in [0.29, 0.717) is 0 Å². The molecule has 1 aliphatic heterocycles. The van der Waals surface area contributed by atoms with Crippen molar-refractivity contribution in [1.29, 1.82) is 0 Å². The molecule has 13 heavy (non-hydrogen) atoms. The summed E-state index contributed by atoms with van der Waals surface area (Å²) in [5.41, 5.74) is 0. The zero-order chi connectivity index (χ0) is 10.2. The summed E-state index contributed by atoms with van der Waals surface area (Å²) in [5, 5.41) is -0.271. The minimum absolute atomic E-state index is 0.271. The second-order valence-electron chi connectivity index (χ2n) is 2.41. The predicted octanol–water partition coefficient (Wildman–Crippen LogP) is 1.01. The number of alkyl halides is 3. The average molecular weight is 212 g/mol. The van der Waals surface area contributed by atoms with Crippen molar-refractivity contribution in [2.75, 3.05) is 0 Å². The van der Waals surface area contributed by atoms with Gasteiger partial charge in [0, 0.05) is 6.42 Å². The van der Waals surface area contributed by atoms with E-state index in [9.17, 15) is 22.8 Å². The maximum absolute atomic E-state index is 11.8. The number of Topliss-reactive ketones (excluding diaryl/α,β-unsaturated/α-hetero) is 1. The molecule has 1 saturated heterocycles. The van der Waals surface area contributed by atoms with E-state index >= 15 is 0 Å². The van der Waals surface area contributed by atoms with Gasteiger partial charge in [0.25, 0.3) is 5.78 Å². The Labute approximate surface area is 75.9 Å². The molecule has 0 N–H and O–H groups in total. The average Bonchev–Trinajstić information content (AvgIpc) is 2.26. The summed E-state index contributed by atoms with van der Waals surface area (Å²) in [7, 11) is 0. The van der Waals surface area contributed by atoms with Crippen LogP contribution in [-0.2, 0) is 14.3 Å². The van der Waals surface area contributed by atoms with Gasteiger partial charge in [-0.15, -0.1) is 0 Å². The maximum atomic E-state index is 11.8. The third-order valence-corrected chi connectivity index (χ3v) is 1.72. The fraction of sp³-hybridized carbons (Fsp3) is 0.500. The number of hydrogen-bond donors (Lipinski definition) is 0. The molecule has 0 radical (unpaired) electrons. The molecule has 1 atom stereocenters. The standard InChI is InChI=1S/C6H3F3O3S/c7-6(8,9)4(10)2-1-3(13)12-5(2)11/h2H,1H2. The van der Waals surface area contributed by atoms with Gasteiger partial charge < -0.3 is 4.74 Å². The first-order valence-electron chi connectivity index (χ1n) is 3.18. The van der Waals surface area contributed by atoms with Crippen molar-refractivity contribution in [3.63, 3.8) is 0 Å². The molecule has 0 aromatic heterocycles. The molecule has 1 rings (SSSR count). The van der Waals surface area contributed by atoms with Crippen LogP contribution in [0.15, 0.2) is 0 Å². The zero-order valence-corrected chi connectivity index (χ0v) is 6.87. The van der Waals surface area contributed by atoms with Crippen molar-refractivity contribution in [3.05, 3.63) is 0 Å². The van der Waals surface area contributed by atoms with Gasteiger partial charge in [0.2, 0.25) is 0 Å². The van der Waals surface area contributed by atoms with Crippen LogP contribution in [0.1, 0.15) is 6.42 Å². The Morgan fingerprint density at radius 3 is 2.38 bits per heavy atom. The number of carbonyl (C=O) groups is 2. The molecule has 0 aromatic rings. The van der Waals surface area contributed by atoms with Crippen molar-refractivity contribution < 1.29 is 27.5 Å². The second kappa shape index (κ2) is 3.06. The summed E-state index contributed by atoms with van der Waals surface area (Å²) >= 11 is 4.35. The van der Waals surface area contributed by atoms with E-state index in [2.05, 4.69) is 17.0 Å². The Morgan fingerprint density at radius 1 is 1.54 bits per heavy atom. The van der Waals surface area contributed by atoms with Gasteiger partial charge in [0.1, 0.15) is 5.92 Å². The fourth-order valence-corrected chi connectivity index (χ4v) is 1.12. The van der Waals surface area contributed by atoms with E-state index in [1.165, 1.54) is 0 Å². The molecule has 0 aromatic carbocycles. The van der Waals surface area contributed by atoms with E-state index in [4.69, 9.17) is 0 Å². The van der Waals surface area contributed by atoms with Gasteiger partial charge >= 0.3 is 12.1 Å². The van der Waals surface area contributed by atoms with Crippen LogP contribution in [0.3, 0.4) is 0 Å². The predicted molar refractivity (Wildman–Crippen MR) is 37.9 cm³/mol. The van der Waals surface area contributed by atoms with Crippen LogP contribution in [0.2, 0.25) is 0 Å². The number of hydrogen-bond acceptors (Lipinski definition) is 4. The van der Waals surface area contributed by atoms with Crippen LogP contribution in [0.4, 0.5) is 13.2 Å². The highest BCUT2D eigenvalue weighted by molar-refractivity contribution is 7.80. The van der Waals surface area contributed by atoms with E-state index < -0.39 is 30.3 Å². The van der Waals surface area contributed by atoms with Crippen LogP contribution < -0.4 is 0 Å². The molecule has 0 amide bonds. The van der Waals surface area contributed by atoms with Crippen LogP contribution in [-0.4, -0.2) is 23.0 Å². The number of ketones is 1. The number of carbonyl (C=O) groups excluding carboxylic acids is 2. The van der Waals surface area contributed by atoms with Crippen LogP contribution >= 0.6 is 12.2 Å². The Balaban J connectivity index is 2.80. The largest absolute Gasteiger partial charge is 0.450 e. The van der Waals surface area contributed by atoms with Crippen LogP contribution in [0.25, 0.3) is 0 Å². The number of thiocarbonyl (C=S) groups is 1. The molecular formula is C6H3F3O3S. The van der Waals surface area contributed by atoms with Crippen molar-refractivity contribution in [2.24, 2.45) is 5.92 Å². The van der Waals surface area contributed by atoms with E-state index in [0.717, 1.165) is 0 Å². The summed E-state index contributed by atoms with van der Waals surface area (Å²) in [5.74, 6) is -5.11. The summed E-state index contributed by atoms with van der Waals surface area (Å²) in [6.45, 7) is 0. The van der Waals surface area contributed by atoms with Crippen molar-refractivity contribution >= 4 is 29.0 Å². The summed E-state index contributed by atoms with van der Waals surface area (Å²) in [6.07, 6.45) is -5.46. The number of esters is 1. The summed E-state index contributed by atoms with van der Waals surface area (Å²) in [6, 6.07) is 0. The monoisotopic (exact) mass is 212 g/mol. The Morgan fingerprint density at radius 2 is 2.08 bits per heavy atom. The highest BCUT2D eigenvalue weighted by Gasteiger charge is 2.50. The lowest BCUT2D eigenvalue weighted by molar-refractivity contribution is -0.177. The molecule has 0 saturated carbocycles. The van der Waals surface area contributed by atoms with Gasteiger partial charge in [-0.25, -0.2) is 0 Å². The minimum Gasteiger partial charge on any atom is -0.419 e. The third kappa shape index (κ3) is 2.03. The molecule has 0 spiro atoms. The minimum atomic E-state index is -5.01. The molecule has 0 aliphatic carbocycles. The third-order valence-electron chi connectivity index (χ3n) is 1.47. The molecule has 1 heterocycles. The normalized spacial score (nSPS) is 23.2. The molecule has 3 nitrogen and oxygen atoms in total. The van der Waals surface area contributed by atoms with Crippen molar-refractivity contribution in [3.8, 4) is 0 Å². The van der Waals surface area contributed by atoms with E-state index in [1.54, 1.807) is 0 Å². The number of ether oxygens (including phenoxy) is 1. The molecule has 72 valence electrons. The highest BCUT2D eigenvalue weighted by atomic mass is 32.1. The van der Waals surface area contributed by atoms with Gasteiger partial charge in [-0.2, -0.15) is 13.2 Å². The van der Waals surface area contributed by atoms with Crippen molar-refractivity contribution in [2.45, 2.75) is 12.6 Å². The van der Waals surface area contributed by atoms with Gasteiger partial charge in [-0.1, -0.05) is 0 Å². The molecular weight excluding hydrogens is 209 g/mol. The van der Waals surface area contributed by atoms with E-state index in [-0.39, 0.29) is 5.05 Å². The first-order valence-corrected chi connectivity index (χ1v) is 3.58. The van der Waals surface area contributed by atoms with Gasteiger partial charge in [-0.3, -0.25) is 9.59 Å². The number of halogens is 3.